The molecule has 0 aliphatic rings. The van der Waals surface area contributed by atoms with Gasteiger partial charge in [0.1, 0.15) is 0 Å². The molecule has 0 radical (unpaired) electrons. The second-order valence-corrected chi connectivity index (χ2v) is 3.01. The Morgan fingerprint density at radius 1 is 1.57 bits per heavy atom. The van der Waals surface area contributed by atoms with Gasteiger partial charge in [0, 0.05) is 20.2 Å². The summed E-state index contributed by atoms with van der Waals surface area (Å²) in [4.78, 5) is 3.53. The smallest absolute Gasteiger partial charge is 0.209 e. The SMILES string of the molecule is CN/C(=N/C#N)NCCCOC(C)C. The molecule has 0 rings (SSSR count). The number of nitrogens with zero attached hydrogens (tertiary/aromatic N) is 2. The third-order valence-corrected chi connectivity index (χ3v) is 1.46. The lowest BCUT2D eigenvalue weighted by Crippen LogP contribution is -2.35. The van der Waals surface area contributed by atoms with Gasteiger partial charge in [-0.2, -0.15) is 5.26 Å². The van der Waals surface area contributed by atoms with Gasteiger partial charge in [-0.3, -0.25) is 0 Å². The number of hydrogen-bond donors (Lipinski definition) is 2. The van der Waals surface area contributed by atoms with E-state index >= 15 is 0 Å². The Kier molecular flexibility index (Phi) is 7.56. The predicted molar refractivity (Wildman–Crippen MR) is 55.8 cm³/mol. The van der Waals surface area contributed by atoms with Crippen molar-refractivity contribution < 1.29 is 4.74 Å². The molecule has 0 aromatic rings. The number of nitriles is 1. The summed E-state index contributed by atoms with van der Waals surface area (Å²) in [6.07, 6.45) is 2.87. The topological polar surface area (TPSA) is 69.4 Å². The second kappa shape index (κ2) is 8.32. The van der Waals surface area contributed by atoms with Crippen LogP contribution in [0.2, 0.25) is 0 Å². The van der Waals surface area contributed by atoms with Crippen LogP contribution in [0.4, 0.5) is 0 Å². The van der Waals surface area contributed by atoms with Gasteiger partial charge in [-0.1, -0.05) is 0 Å². The van der Waals surface area contributed by atoms with Crippen LogP contribution in [0, 0.1) is 11.5 Å². The molecule has 0 aromatic carbocycles. The van der Waals surface area contributed by atoms with Gasteiger partial charge in [0.2, 0.25) is 12.2 Å². The summed E-state index contributed by atoms with van der Waals surface area (Å²) >= 11 is 0. The van der Waals surface area contributed by atoms with E-state index in [4.69, 9.17) is 10.00 Å². The number of hydrogen-bond acceptors (Lipinski definition) is 3. The minimum absolute atomic E-state index is 0.270. The van der Waals surface area contributed by atoms with Gasteiger partial charge in [0.25, 0.3) is 0 Å². The van der Waals surface area contributed by atoms with Crippen molar-refractivity contribution in [3.63, 3.8) is 0 Å². The van der Waals surface area contributed by atoms with Gasteiger partial charge in [-0.25, -0.2) is 0 Å². The molecule has 0 aromatic heterocycles. The molecular weight excluding hydrogens is 180 g/mol. The van der Waals surface area contributed by atoms with Crippen molar-refractivity contribution in [1.29, 1.82) is 5.26 Å². The molecule has 0 heterocycles. The van der Waals surface area contributed by atoms with Gasteiger partial charge >= 0.3 is 0 Å². The highest BCUT2D eigenvalue weighted by Gasteiger charge is 1.95. The molecule has 0 fully saturated rings. The maximum atomic E-state index is 8.30. The summed E-state index contributed by atoms with van der Waals surface area (Å²) in [6.45, 7) is 5.47. The molecule has 0 bridgehead atoms. The van der Waals surface area contributed by atoms with E-state index < -0.39 is 0 Å². The van der Waals surface area contributed by atoms with E-state index in [1.54, 1.807) is 13.2 Å². The van der Waals surface area contributed by atoms with Crippen molar-refractivity contribution in [3.05, 3.63) is 0 Å². The first-order chi connectivity index (χ1) is 6.70. The van der Waals surface area contributed by atoms with Crippen molar-refractivity contribution in [2.24, 2.45) is 4.99 Å². The molecule has 14 heavy (non-hydrogen) atoms. The number of nitrogens with one attached hydrogen (secondary N) is 2. The van der Waals surface area contributed by atoms with Crippen LogP contribution in [-0.4, -0.2) is 32.3 Å². The Morgan fingerprint density at radius 3 is 2.79 bits per heavy atom. The van der Waals surface area contributed by atoms with Crippen LogP contribution in [0.1, 0.15) is 20.3 Å². The summed E-state index contributed by atoms with van der Waals surface area (Å²) in [7, 11) is 1.72. The molecule has 0 unspecified atom stereocenters. The Morgan fingerprint density at radius 2 is 2.29 bits per heavy atom. The molecule has 0 saturated heterocycles. The average Bonchev–Trinajstić information content (AvgIpc) is 2.15. The zero-order valence-corrected chi connectivity index (χ0v) is 9.00. The van der Waals surface area contributed by atoms with Crippen molar-refractivity contribution >= 4 is 5.96 Å². The summed E-state index contributed by atoms with van der Waals surface area (Å²) < 4.78 is 5.35. The Balaban J connectivity index is 3.44. The van der Waals surface area contributed by atoms with Gasteiger partial charge in [-0.05, 0) is 20.3 Å². The molecule has 5 heteroatoms. The van der Waals surface area contributed by atoms with E-state index in [1.807, 2.05) is 13.8 Å². The summed E-state index contributed by atoms with van der Waals surface area (Å²) in [6, 6.07) is 0. The minimum Gasteiger partial charge on any atom is -0.379 e. The van der Waals surface area contributed by atoms with Crippen molar-refractivity contribution in [1.82, 2.24) is 10.6 Å². The van der Waals surface area contributed by atoms with Gasteiger partial charge in [0.15, 0.2) is 0 Å². The molecular formula is C9H18N4O. The highest BCUT2D eigenvalue weighted by atomic mass is 16.5. The van der Waals surface area contributed by atoms with Crippen molar-refractivity contribution in [2.45, 2.75) is 26.4 Å². The molecule has 0 spiro atoms. The van der Waals surface area contributed by atoms with Crippen molar-refractivity contribution in [2.75, 3.05) is 20.2 Å². The molecule has 5 nitrogen and oxygen atoms in total. The lowest BCUT2D eigenvalue weighted by Gasteiger charge is -2.09. The highest BCUT2D eigenvalue weighted by Crippen LogP contribution is 1.88. The van der Waals surface area contributed by atoms with Crippen LogP contribution in [0.3, 0.4) is 0 Å². The molecule has 0 amide bonds. The van der Waals surface area contributed by atoms with Crippen molar-refractivity contribution in [3.8, 4) is 6.19 Å². The van der Waals surface area contributed by atoms with Gasteiger partial charge in [-0.15, -0.1) is 4.99 Å². The molecule has 80 valence electrons. The van der Waals surface area contributed by atoms with E-state index in [1.165, 1.54) is 0 Å². The largest absolute Gasteiger partial charge is 0.379 e. The van der Waals surface area contributed by atoms with Crippen LogP contribution in [0.5, 0.6) is 0 Å². The van der Waals surface area contributed by atoms with Gasteiger partial charge in [0.05, 0.1) is 6.10 Å². The summed E-state index contributed by atoms with van der Waals surface area (Å²) in [5.74, 6) is 0.497. The fourth-order valence-electron chi connectivity index (χ4n) is 0.832. The Labute approximate surface area is 85.2 Å². The first kappa shape index (κ1) is 12.7. The Hall–Kier alpha value is -1.28. The van der Waals surface area contributed by atoms with E-state index in [2.05, 4.69) is 15.6 Å². The zero-order valence-electron chi connectivity index (χ0n) is 9.00. The van der Waals surface area contributed by atoms with Crippen LogP contribution < -0.4 is 10.6 Å². The van der Waals surface area contributed by atoms with Gasteiger partial charge < -0.3 is 15.4 Å². The molecule has 0 aliphatic heterocycles. The molecule has 2 N–H and O–H groups in total. The maximum Gasteiger partial charge on any atom is 0.209 e. The third kappa shape index (κ3) is 7.37. The summed E-state index contributed by atoms with van der Waals surface area (Å²) in [5, 5.41) is 14.1. The number of aliphatic imine (C=N–C) groups is 1. The van der Waals surface area contributed by atoms with Crippen LogP contribution in [-0.2, 0) is 4.74 Å². The van der Waals surface area contributed by atoms with Crippen LogP contribution in [0.25, 0.3) is 0 Å². The van der Waals surface area contributed by atoms with E-state index in [0.717, 1.165) is 13.0 Å². The number of guanidine groups is 1. The first-order valence-electron chi connectivity index (χ1n) is 4.70. The normalized spacial score (nSPS) is 11.2. The fraction of sp³-hybridized carbons (Fsp3) is 0.778. The van der Waals surface area contributed by atoms with E-state index in [9.17, 15) is 0 Å². The van der Waals surface area contributed by atoms with Crippen LogP contribution in [0.15, 0.2) is 4.99 Å². The maximum absolute atomic E-state index is 8.30. The number of rotatable bonds is 5. The fourth-order valence-corrected chi connectivity index (χ4v) is 0.832. The zero-order chi connectivity index (χ0) is 10.8. The van der Waals surface area contributed by atoms with E-state index in [-0.39, 0.29) is 6.10 Å². The predicted octanol–water partition coefficient (Wildman–Crippen LogP) is 0.448. The van der Waals surface area contributed by atoms with Crippen LogP contribution >= 0.6 is 0 Å². The summed E-state index contributed by atoms with van der Waals surface area (Å²) in [5.41, 5.74) is 0. The minimum atomic E-state index is 0.270. The molecule has 0 saturated carbocycles. The second-order valence-electron chi connectivity index (χ2n) is 3.01. The Bertz CT molecular complexity index is 207. The quantitative estimate of drug-likeness (QED) is 0.291. The molecule has 0 atom stereocenters. The monoisotopic (exact) mass is 198 g/mol. The highest BCUT2D eigenvalue weighted by molar-refractivity contribution is 5.80. The number of ether oxygens (including phenoxy) is 1. The lowest BCUT2D eigenvalue weighted by molar-refractivity contribution is 0.0776. The first-order valence-corrected chi connectivity index (χ1v) is 4.70. The molecule has 0 aliphatic carbocycles. The van der Waals surface area contributed by atoms with E-state index in [0.29, 0.717) is 12.6 Å². The third-order valence-electron chi connectivity index (χ3n) is 1.46. The average molecular weight is 198 g/mol. The standard InChI is InChI=1S/C9H18N4O/c1-8(2)14-6-4-5-12-9(11-3)13-7-10/h8H,4-6H2,1-3H3,(H2,11,12,13). The lowest BCUT2D eigenvalue weighted by atomic mass is 10.4.